The van der Waals surface area contributed by atoms with Gasteiger partial charge in [-0.2, -0.15) is 0 Å². The molecule has 2 aliphatic rings. The van der Waals surface area contributed by atoms with Gasteiger partial charge in [0.25, 0.3) is 0 Å². The summed E-state index contributed by atoms with van der Waals surface area (Å²) < 4.78 is 9.30. The van der Waals surface area contributed by atoms with Crippen LogP contribution in [0.2, 0.25) is 19.6 Å². The van der Waals surface area contributed by atoms with Gasteiger partial charge in [0.05, 0.1) is 6.61 Å². The Hall–Kier alpha value is -1.01. The lowest BCUT2D eigenvalue weighted by molar-refractivity contribution is -0.109. The summed E-state index contributed by atoms with van der Waals surface area (Å²) in [5.41, 5.74) is 0.118. The third kappa shape index (κ3) is 1.73. The molecule has 0 unspecified atom stereocenters. The average Bonchev–Trinajstić information content (AvgIpc) is 2.79. The number of fused-ring (bicyclic) bond motifs is 2. The van der Waals surface area contributed by atoms with Crippen molar-refractivity contribution < 1.29 is 9.84 Å². The minimum Gasteiger partial charge on any atom is -0.494 e. The molecule has 1 aromatic heterocycles. The fourth-order valence-electron chi connectivity index (χ4n) is 3.43. The first-order chi connectivity index (χ1) is 8.87. The maximum atomic E-state index is 12.7. The maximum absolute atomic E-state index is 12.7. The Morgan fingerprint density at radius 3 is 2.42 bits per heavy atom. The first-order valence-electron chi connectivity index (χ1n) is 7.07. The molecule has 0 radical (unpaired) electrons. The second kappa shape index (κ2) is 3.99. The van der Waals surface area contributed by atoms with Gasteiger partial charge in [-0.15, -0.1) is 0 Å². The Bertz CT molecular complexity index is 562. The SMILES string of the molecule is C[Si](C)(C)n1c(O)c2n(c1=O)C1(CCCCC1)OC2. The summed E-state index contributed by atoms with van der Waals surface area (Å²) >= 11 is 0. The van der Waals surface area contributed by atoms with Crippen molar-refractivity contribution in [1.29, 1.82) is 0 Å². The van der Waals surface area contributed by atoms with Gasteiger partial charge in [-0.1, -0.05) is 26.1 Å². The Morgan fingerprint density at radius 1 is 1.21 bits per heavy atom. The van der Waals surface area contributed by atoms with Gasteiger partial charge >= 0.3 is 5.69 Å². The third-order valence-corrected chi connectivity index (χ3v) is 6.06. The summed E-state index contributed by atoms with van der Waals surface area (Å²) in [4.78, 5) is 12.7. The number of hydrogen-bond acceptors (Lipinski definition) is 3. The molecule has 3 rings (SSSR count). The van der Waals surface area contributed by atoms with Gasteiger partial charge in [-0.05, 0) is 25.7 Å². The average molecular weight is 282 g/mol. The zero-order valence-corrected chi connectivity index (χ0v) is 12.9. The Labute approximate surface area is 113 Å². The van der Waals surface area contributed by atoms with Crippen LogP contribution in [0.5, 0.6) is 5.88 Å². The smallest absolute Gasteiger partial charge is 0.325 e. The van der Waals surface area contributed by atoms with Crippen LogP contribution < -0.4 is 5.69 Å². The molecule has 2 heterocycles. The Morgan fingerprint density at radius 2 is 1.84 bits per heavy atom. The molecule has 1 aliphatic heterocycles. The topological polar surface area (TPSA) is 56.4 Å². The lowest BCUT2D eigenvalue weighted by atomic mass is 9.91. The predicted molar refractivity (Wildman–Crippen MR) is 74.9 cm³/mol. The second-order valence-electron chi connectivity index (χ2n) is 6.69. The monoisotopic (exact) mass is 282 g/mol. The van der Waals surface area contributed by atoms with Crippen LogP contribution in [0.15, 0.2) is 4.79 Å². The van der Waals surface area contributed by atoms with E-state index in [4.69, 9.17) is 4.74 Å². The Balaban J connectivity index is 2.19. The van der Waals surface area contributed by atoms with Crippen molar-refractivity contribution >= 4 is 8.24 Å². The maximum Gasteiger partial charge on any atom is 0.325 e. The zero-order chi connectivity index (χ0) is 13.8. The first-order valence-corrected chi connectivity index (χ1v) is 10.5. The lowest BCUT2D eigenvalue weighted by Gasteiger charge is -2.33. The van der Waals surface area contributed by atoms with Gasteiger partial charge in [0, 0.05) is 0 Å². The molecule has 19 heavy (non-hydrogen) atoms. The molecule has 0 aromatic carbocycles. The van der Waals surface area contributed by atoms with Gasteiger partial charge in [0.1, 0.15) is 11.4 Å². The van der Waals surface area contributed by atoms with Crippen LogP contribution in [0, 0.1) is 0 Å². The molecule has 1 fully saturated rings. The van der Waals surface area contributed by atoms with Crippen LogP contribution in [0.4, 0.5) is 0 Å². The van der Waals surface area contributed by atoms with Gasteiger partial charge in [-0.25, -0.2) is 4.79 Å². The summed E-state index contributed by atoms with van der Waals surface area (Å²) in [5, 5.41) is 10.4. The molecule has 0 amide bonds. The van der Waals surface area contributed by atoms with Crippen molar-refractivity contribution in [2.24, 2.45) is 0 Å². The van der Waals surface area contributed by atoms with Crippen molar-refractivity contribution in [3.05, 3.63) is 16.2 Å². The highest BCUT2D eigenvalue weighted by molar-refractivity contribution is 6.74. The molecular weight excluding hydrogens is 260 g/mol. The minimum absolute atomic E-state index is 0.0777. The highest BCUT2D eigenvalue weighted by atomic mass is 28.3. The summed E-state index contributed by atoms with van der Waals surface area (Å²) in [6.07, 6.45) is 5.15. The van der Waals surface area contributed by atoms with Crippen LogP contribution >= 0.6 is 0 Å². The van der Waals surface area contributed by atoms with E-state index < -0.39 is 14.0 Å². The number of nitrogens with zero attached hydrogens (tertiary/aromatic N) is 2. The lowest BCUT2D eigenvalue weighted by Crippen LogP contribution is -2.47. The molecule has 106 valence electrons. The summed E-state index contributed by atoms with van der Waals surface area (Å²) in [6.45, 7) is 6.56. The van der Waals surface area contributed by atoms with Crippen LogP contribution in [0.1, 0.15) is 37.8 Å². The van der Waals surface area contributed by atoms with E-state index in [1.807, 2.05) is 0 Å². The highest BCUT2D eigenvalue weighted by Crippen LogP contribution is 2.43. The standard InChI is InChI=1S/C13H22N2O3Si/c1-19(2,3)15-11(16)10-9-18-13(14(10)12(15)17)7-5-4-6-8-13/h16H,4-9H2,1-3H3. The van der Waals surface area contributed by atoms with Crippen molar-refractivity contribution in [3.8, 4) is 5.88 Å². The van der Waals surface area contributed by atoms with Gasteiger partial charge in [0.2, 0.25) is 5.88 Å². The quantitative estimate of drug-likeness (QED) is 0.803. The molecule has 1 aliphatic carbocycles. The molecular formula is C13H22N2O3Si. The van der Waals surface area contributed by atoms with E-state index in [0.29, 0.717) is 12.3 Å². The van der Waals surface area contributed by atoms with Gasteiger partial charge in [-0.3, -0.25) is 8.80 Å². The molecule has 0 atom stereocenters. The number of rotatable bonds is 1. The van der Waals surface area contributed by atoms with E-state index in [1.54, 1.807) is 8.80 Å². The van der Waals surface area contributed by atoms with E-state index in [9.17, 15) is 9.90 Å². The van der Waals surface area contributed by atoms with Crippen LogP contribution in [-0.2, 0) is 17.1 Å². The predicted octanol–water partition coefficient (Wildman–Crippen LogP) is 2.19. The number of aromatic hydroxyl groups is 1. The normalized spacial score (nSPS) is 21.8. The molecule has 0 saturated heterocycles. The number of aromatic nitrogens is 2. The van der Waals surface area contributed by atoms with Crippen molar-refractivity contribution in [2.75, 3.05) is 0 Å². The van der Waals surface area contributed by atoms with Crippen molar-refractivity contribution in [3.63, 3.8) is 0 Å². The van der Waals surface area contributed by atoms with Crippen molar-refractivity contribution in [1.82, 2.24) is 8.80 Å². The fraction of sp³-hybridized carbons (Fsp3) is 0.769. The third-order valence-electron chi connectivity index (χ3n) is 4.31. The summed E-state index contributed by atoms with van der Waals surface area (Å²) in [6, 6.07) is 0. The van der Waals surface area contributed by atoms with E-state index in [2.05, 4.69) is 19.6 Å². The first kappa shape index (κ1) is 13.0. The number of hydrogen-bond donors (Lipinski definition) is 1. The molecule has 1 N–H and O–H groups in total. The molecule has 6 heteroatoms. The van der Waals surface area contributed by atoms with Crippen LogP contribution in [-0.4, -0.2) is 22.1 Å². The number of ether oxygens (including phenoxy) is 1. The zero-order valence-electron chi connectivity index (χ0n) is 11.9. The summed E-state index contributed by atoms with van der Waals surface area (Å²) in [7, 11) is -1.92. The second-order valence-corrected chi connectivity index (χ2v) is 11.5. The van der Waals surface area contributed by atoms with E-state index in [0.717, 1.165) is 25.7 Å². The van der Waals surface area contributed by atoms with E-state index in [1.165, 1.54) is 6.42 Å². The molecule has 1 aromatic rings. The molecule has 1 saturated carbocycles. The van der Waals surface area contributed by atoms with E-state index in [-0.39, 0.29) is 11.6 Å². The largest absolute Gasteiger partial charge is 0.494 e. The highest BCUT2D eigenvalue weighted by Gasteiger charge is 2.46. The molecule has 5 nitrogen and oxygen atoms in total. The molecule has 1 spiro atoms. The summed E-state index contributed by atoms with van der Waals surface area (Å²) in [5.74, 6) is 0.131. The van der Waals surface area contributed by atoms with Crippen LogP contribution in [0.3, 0.4) is 0 Å². The van der Waals surface area contributed by atoms with E-state index >= 15 is 0 Å². The van der Waals surface area contributed by atoms with Crippen molar-refractivity contribution in [2.45, 2.75) is 64.1 Å². The Kier molecular flexibility index (Phi) is 2.73. The number of imidazole rings is 1. The molecule has 0 bridgehead atoms. The minimum atomic E-state index is -1.92. The van der Waals surface area contributed by atoms with Gasteiger partial charge in [0.15, 0.2) is 8.24 Å². The fourth-order valence-corrected chi connectivity index (χ4v) is 4.87. The van der Waals surface area contributed by atoms with Crippen LogP contribution in [0.25, 0.3) is 0 Å². The van der Waals surface area contributed by atoms with Gasteiger partial charge < -0.3 is 9.84 Å².